The van der Waals surface area contributed by atoms with E-state index in [0.717, 1.165) is 0 Å². The molecule has 0 heterocycles. The van der Waals surface area contributed by atoms with Crippen molar-refractivity contribution in [2.24, 2.45) is 0 Å². The van der Waals surface area contributed by atoms with Gasteiger partial charge in [-0.1, -0.05) is 504 Å². The minimum absolute atomic E-state index is 1.24. The lowest BCUT2D eigenvalue weighted by Crippen LogP contribution is -1.94. The number of thioether (sulfide) groups is 6. The third-order valence-electron chi connectivity index (χ3n) is 25.2. The quantitative estimate of drug-likeness (QED) is 0.0244. The van der Waals surface area contributed by atoms with E-state index in [1.807, 2.05) is 0 Å². The second-order valence-corrected chi connectivity index (χ2v) is 42.9. The number of unbranched alkanes of at least 4 members (excludes halogenated alkanes) is 72. The third kappa shape index (κ3) is 56.5. The minimum atomic E-state index is 1.24. The van der Waals surface area contributed by atoms with Gasteiger partial charge in [0, 0.05) is 29.4 Å². The summed E-state index contributed by atoms with van der Waals surface area (Å²) < 4.78 is 0. The summed E-state index contributed by atoms with van der Waals surface area (Å²) in [6.07, 6.45) is 111. The van der Waals surface area contributed by atoms with Gasteiger partial charge in [-0.3, -0.25) is 0 Å². The standard InChI is InChI=1S/C108H192S6/c1-7-13-19-25-31-37-43-49-55-61-67-73-79-85-109-103-91-97-98(92-104(103)110-86-80-74-68-62-56-50-44-38-32-26-20-14-8-2)100-94-106(112-88-82-76-70-64-58-52-46-40-34-28-22-16-10-4)108(114-90-84-78-72-66-60-54-48-42-36-30-24-18-12-6)96-102(100)101-95-107(113-89-83-77-71-65-59-53-47-41-35-29-23-17-11-5)105(93-99(97)101)111-87-81-75-69-63-57-51-45-39-33-27-21-15-9-3/h91-96H,7-90H2,1-6H3. The van der Waals surface area contributed by atoms with Crippen molar-refractivity contribution in [1.29, 1.82) is 0 Å². The van der Waals surface area contributed by atoms with Crippen LogP contribution in [0.3, 0.4) is 0 Å². The molecule has 660 valence electrons. The zero-order chi connectivity index (χ0) is 80.8. The van der Waals surface area contributed by atoms with Crippen LogP contribution < -0.4 is 0 Å². The van der Waals surface area contributed by atoms with Gasteiger partial charge in [-0.05, 0) is 142 Å². The van der Waals surface area contributed by atoms with Crippen LogP contribution in [0.4, 0.5) is 0 Å². The molecule has 0 radical (unpaired) electrons. The Morgan fingerprint density at radius 1 is 0.114 bits per heavy atom. The Morgan fingerprint density at radius 2 is 0.193 bits per heavy atom. The average molecular weight is 1680 g/mol. The largest absolute Gasteiger partial charge is 0.125 e. The van der Waals surface area contributed by atoms with Gasteiger partial charge >= 0.3 is 0 Å². The number of hydrogen-bond donors (Lipinski definition) is 0. The van der Waals surface area contributed by atoms with Crippen LogP contribution in [0.5, 0.6) is 0 Å². The molecule has 6 heteroatoms. The smallest absolute Gasteiger partial charge is 0.0215 e. The van der Waals surface area contributed by atoms with Gasteiger partial charge in [-0.25, -0.2) is 0 Å². The van der Waals surface area contributed by atoms with Crippen LogP contribution >= 0.6 is 70.6 Å². The highest BCUT2D eigenvalue weighted by atomic mass is 32.2. The van der Waals surface area contributed by atoms with Crippen molar-refractivity contribution in [3.8, 4) is 0 Å². The van der Waals surface area contributed by atoms with Gasteiger partial charge in [-0.15, -0.1) is 70.6 Å². The average Bonchev–Trinajstić information content (AvgIpc) is 0.726. The second kappa shape index (κ2) is 81.1. The minimum Gasteiger partial charge on any atom is -0.125 e. The van der Waals surface area contributed by atoms with E-state index in [0.29, 0.717) is 0 Å². The molecule has 0 atom stereocenters. The predicted octanol–water partition coefficient (Wildman–Crippen LogP) is 42.2. The summed E-state index contributed by atoms with van der Waals surface area (Å²) in [7, 11) is 0. The van der Waals surface area contributed by atoms with Crippen LogP contribution in [0.1, 0.15) is 542 Å². The van der Waals surface area contributed by atoms with Gasteiger partial charge < -0.3 is 0 Å². The molecule has 0 spiro atoms. The fraction of sp³-hybridized carbons (Fsp3) is 0.833. The fourth-order valence-electron chi connectivity index (χ4n) is 17.5. The maximum absolute atomic E-state index is 2.79. The summed E-state index contributed by atoms with van der Waals surface area (Å²) in [5.74, 6) is 7.42. The van der Waals surface area contributed by atoms with Gasteiger partial charge in [0.15, 0.2) is 0 Å². The Morgan fingerprint density at radius 3 is 0.281 bits per heavy atom. The van der Waals surface area contributed by atoms with Crippen molar-refractivity contribution >= 4 is 103 Å². The topological polar surface area (TPSA) is 0 Å². The molecule has 114 heavy (non-hydrogen) atoms. The molecular formula is C108H192S6. The van der Waals surface area contributed by atoms with Crippen LogP contribution in [0.25, 0.3) is 32.3 Å². The van der Waals surface area contributed by atoms with Crippen LogP contribution in [-0.4, -0.2) is 34.5 Å². The van der Waals surface area contributed by atoms with Gasteiger partial charge in [0.1, 0.15) is 0 Å². The molecule has 0 aromatic heterocycles. The van der Waals surface area contributed by atoms with Gasteiger partial charge in [0.25, 0.3) is 0 Å². The molecule has 0 bridgehead atoms. The molecule has 0 aliphatic carbocycles. The van der Waals surface area contributed by atoms with Gasteiger partial charge in [0.2, 0.25) is 0 Å². The Bertz CT molecular complexity index is 2210. The Balaban J connectivity index is 1.73. The fourth-order valence-corrected chi connectivity index (χ4v) is 24.4. The van der Waals surface area contributed by atoms with Crippen molar-refractivity contribution in [3.63, 3.8) is 0 Å². The zero-order valence-electron chi connectivity index (χ0n) is 77.3. The SMILES string of the molecule is CCCCCCCCCCCCCCCSc1cc2c3cc(SCCCCCCCCCCCCCCC)c(SCCCCCCCCCCCCCCC)cc3c3cc(SCCCCCCCCCCCCCCC)c(SCCCCCCCCCCCCCCC)cc3c2cc1SCCCCCCCCCCCCCCC. The van der Waals surface area contributed by atoms with Crippen LogP contribution in [0, 0.1) is 0 Å². The number of fused-ring (bicyclic) bond motifs is 6. The highest BCUT2D eigenvalue weighted by Crippen LogP contribution is 2.48. The lowest BCUT2D eigenvalue weighted by Gasteiger charge is -2.20. The van der Waals surface area contributed by atoms with E-state index in [1.54, 1.807) is 29.4 Å². The Kier molecular flexibility index (Phi) is 75.5. The third-order valence-corrected chi connectivity index (χ3v) is 32.4. The van der Waals surface area contributed by atoms with E-state index in [2.05, 4.69) is 149 Å². The first-order chi connectivity index (χ1) is 56.6. The molecule has 0 fully saturated rings. The molecule has 4 aromatic rings. The molecule has 0 unspecified atom stereocenters. The molecular weight excluding hydrogens is 1490 g/mol. The van der Waals surface area contributed by atoms with E-state index in [-0.39, 0.29) is 0 Å². The molecule has 0 aliphatic rings. The van der Waals surface area contributed by atoms with Crippen LogP contribution in [0.15, 0.2) is 65.8 Å². The number of benzene rings is 4. The van der Waals surface area contributed by atoms with E-state index < -0.39 is 0 Å². The molecule has 0 amide bonds. The van der Waals surface area contributed by atoms with Crippen molar-refractivity contribution in [3.05, 3.63) is 36.4 Å². The zero-order valence-corrected chi connectivity index (χ0v) is 82.2. The first-order valence-corrected chi connectivity index (χ1v) is 57.8. The first-order valence-electron chi connectivity index (χ1n) is 51.9. The van der Waals surface area contributed by atoms with Crippen molar-refractivity contribution in [2.75, 3.05) is 34.5 Å². The molecule has 0 saturated carbocycles. The normalized spacial score (nSPS) is 11.9. The van der Waals surface area contributed by atoms with Crippen molar-refractivity contribution < 1.29 is 0 Å². The Labute approximate surface area is 739 Å². The summed E-state index contributed by atoms with van der Waals surface area (Å²) in [4.78, 5) is 9.45. The second-order valence-electron chi connectivity index (χ2n) is 36.1. The molecule has 0 N–H and O–H groups in total. The lowest BCUT2D eigenvalue weighted by molar-refractivity contribution is 0.543. The predicted molar refractivity (Wildman–Crippen MR) is 537 cm³/mol. The maximum atomic E-state index is 2.79. The van der Waals surface area contributed by atoms with E-state index >= 15 is 0 Å². The van der Waals surface area contributed by atoms with Crippen molar-refractivity contribution in [1.82, 2.24) is 0 Å². The van der Waals surface area contributed by atoms with E-state index in [1.165, 1.54) is 568 Å². The van der Waals surface area contributed by atoms with E-state index in [9.17, 15) is 0 Å². The first kappa shape index (κ1) is 106. The van der Waals surface area contributed by atoms with Crippen molar-refractivity contribution in [2.45, 2.75) is 572 Å². The summed E-state index contributed by atoms with van der Waals surface area (Å²) in [5.41, 5.74) is 0. The monoisotopic (exact) mass is 1680 g/mol. The highest BCUT2D eigenvalue weighted by Gasteiger charge is 2.20. The van der Waals surface area contributed by atoms with Gasteiger partial charge in [0.05, 0.1) is 0 Å². The number of rotatable bonds is 90. The maximum Gasteiger partial charge on any atom is 0.0215 e. The molecule has 0 aliphatic heterocycles. The molecule has 4 rings (SSSR count). The summed E-state index contributed by atoms with van der Waals surface area (Å²) >= 11 is 13.4. The van der Waals surface area contributed by atoms with Crippen LogP contribution in [-0.2, 0) is 0 Å². The number of hydrogen-bond acceptors (Lipinski definition) is 6. The lowest BCUT2D eigenvalue weighted by atomic mass is 9.94. The van der Waals surface area contributed by atoms with E-state index in [4.69, 9.17) is 0 Å². The van der Waals surface area contributed by atoms with Crippen LogP contribution in [0.2, 0.25) is 0 Å². The summed E-state index contributed by atoms with van der Waals surface area (Å²) in [6, 6.07) is 16.7. The molecule has 0 saturated heterocycles. The highest BCUT2D eigenvalue weighted by molar-refractivity contribution is 8.03. The summed E-state index contributed by atoms with van der Waals surface area (Å²) in [5, 5.41) is 9.20. The summed E-state index contributed by atoms with van der Waals surface area (Å²) in [6.45, 7) is 14.1. The Hall–Kier alpha value is -0.240. The molecule has 4 aromatic carbocycles. The van der Waals surface area contributed by atoms with Gasteiger partial charge in [-0.2, -0.15) is 0 Å². The molecule has 0 nitrogen and oxygen atoms in total.